The Bertz CT molecular complexity index is 328. The summed E-state index contributed by atoms with van der Waals surface area (Å²) in [6.07, 6.45) is -1.38. The first-order valence-corrected chi connectivity index (χ1v) is 4.40. The Morgan fingerprint density at radius 1 is 1.62 bits per heavy atom. The lowest BCUT2D eigenvalue weighted by Crippen LogP contribution is -2.46. The highest BCUT2D eigenvalue weighted by molar-refractivity contribution is 5.97. The Kier molecular flexibility index (Phi) is 3.81. The van der Waals surface area contributed by atoms with Crippen molar-refractivity contribution in [2.75, 3.05) is 13.2 Å². The van der Waals surface area contributed by atoms with Gasteiger partial charge in [-0.15, -0.1) is 0 Å². The molecule has 1 rings (SSSR count). The highest BCUT2D eigenvalue weighted by Crippen LogP contribution is 2.08. The number of hydrogen-bond acceptors (Lipinski definition) is 6. The number of carbonyl (C=O) groups is 4. The molecular formula is C8H10N2O6. The van der Waals surface area contributed by atoms with Crippen LogP contribution in [0.1, 0.15) is 6.92 Å². The summed E-state index contributed by atoms with van der Waals surface area (Å²) in [5.41, 5.74) is 0. The molecule has 1 aliphatic rings. The van der Waals surface area contributed by atoms with Gasteiger partial charge in [0.1, 0.15) is 6.61 Å². The van der Waals surface area contributed by atoms with Crippen LogP contribution >= 0.6 is 0 Å². The number of carbonyl (C=O) groups excluding carboxylic acids is 4. The average molecular weight is 230 g/mol. The van der Waals surface area contributed by atoms with Crippen LogP contribution in [0.15, 0.2) is 0 Å². The van der Waals surface area contributed by atoms with Crippen molar-refractivity contribution in [3.05, 3.63) is 0 Å². The van der Waals surface area contributed by atoms with E-state index in [1.807, 2.05) is 5.32 Å². The lowest BCUT2D eigenvalue weighted by molar-refractivity contribution is -0.126. The number of nitrogens with one attached hydrogen (secondary N) is 1. The van der Waals surface area contributed by atoms with E-state index in [2.05, 4.69) is 9.47 Å². The van der Waals surface area contributed by atoms with Crippen LogP contribution in [0.25, 0.3) is 0 Å². The molecule has 0 aliphatic carbocycles. The highest BCUT2D eigenvalue weighted by atomic mass is 16.8. The molecule has 1 fully saturated rings. The molecule has 4 amide bonds. The van der Waals surface area contributed by atoms with Crippen molar-refractivity contribution < 1.29 is 28.7 Å². The summed E-state index contributed by atoms with van der Waals surface area (Å²) in [5, 5.41) is 1.82. The highest BCUT2D eigenvalue weighted by Gasteiger charge is 2.30. The van der Waals surface area contributed by atoms with E-state index in [9.17, 15) is 19.2 Å². The monoisotopic (exact) mass is 230 g/mol. The molecule has 0 bridgehead atoms. The third kappa shape index (κ3) is 2.94. The predicted molar refractivity (Wildman–Crippen MR) is 48.2 cm³/mol. The second-order valence-corrected chi connectivity index (χ2v) is 3.00. The molecule has 88 valence electrons. The second-order valence-electron chi connectivity index (χ2n) is 3.00. The van der Waals surface area contributed by atoms with Crippen molar-refractivity contribution in [3.8, 4) is 0 Å². The first-order chi connectivity index (χ1) is 7.54. The van der Waals surface area contributed by atoms with Gasteiger partial charge in [-0.2, -0.15) is 0 Å². The number of rotatable bonds is 3. The minimum atomic E-state index is -0.870. The molecule has 1 aliphatic heterocycles. The van der Waals surface area contributed by atoms with Gasteiger partial charge in [-0.1, -0.05) is 0 Å². The number of ether oxygens (including phenoxy) is 2. The van der Waals surface area contributed by atoms with Crippen LogP contribution in [0.3, 0.4) is 0 Å². The molecule has 0 spiro atoms. The van der Waals surface area contributed by atoms with Gasteiger partial charge in [0.25, 0.3) is 0 Å². The van der Waals surface area contributed by atoms with Crippen molar-refractivity contribution in [2.24, 2.45) is 0 Å². The quantitative estimate of drug-likeness (QED) is 0.504. The van der Waals surface area contributed by atoms with Crippen LogP contribution in [-0.2, 0) is 19.1 Å². The molecule has 0 saturated carbocycles. The van der Waals surface area contributed by atoms with Crippen LogP contribution in [0.2, 0.25) is 0 Å². The van der Waals surface area contributed by atoms with E-state index in [1.54, 1.807) is 0 Å². The SMILES string of the molecule is CC(=O)N(CC1COC(=O)O1)C(=O)NC=O. The Morgan fingerprint density at radius 3 is 2.75 bits per heavy atom. The van der Waals surface area contributed by atoms with Crippen LogP contribution in [0.5, 0.6) is 0 Å². The fourth-order valence-corrected chi connectivity index (χ4v) is 1.14. The zero-order chi connectivity index (χ0) is 12.1. The molecule has 1 saturated heterocycles. The molecule has 0 aromatic rings. The molecule has 1 atom stereocenters. The third-order valence-corrected chi connectivity index (χ3v) is 1.84. The molecule has 0 radical (unpaired) electrons. The molecule has 1 unspecified atom stereocenters. The minimum absolute atomic E-state index is 0.0308. The van der Waals surface area contributed by atoms with Gasteiger partial charge in [0, 0.05) is 6.92 Å². The second kappa shape index (κ2) is 5.10. The van der Waals surface area contributed by atoms with Crippen molar-refractivity contribution in [2.45, 2.75) is 13.0 Å². The fraction of sp³-hybridized carbons (Fsp3) is 0.500. The van der Waals surface area contributed by atoms with Crippen LogP contribution in [-0.4, -0.2) is 48.7 Å². The van der Waals surface area contributed by atoms with Crippen LogP contribution in [0.4, 0.5) is 9.59 Å². The van der Waals surface area contributed by atoms with Gasteiger partial charge in [0.2, 0.25) is 12.3 Å². The van der Waals surface area contributed by atoms with Gasteiger partial charge in [-0.25, -0.2) is 9.59 Å². The van der Waals surface area contributed by atoms with E-state index in [1.165, 1.54) is 0 Å². The normalized spacial score (nSPS) is 18.3. The van der Waals surface area contributed by atoms with Crippen LogP contribution < -0.4 is 5.32 Å². The molecule has 8 nitrogen and oxygen atoms in total. The zero-order valence-corrected chi connectivity index (χ0v) is 8.47. The number of hydrogen-bond donors (Lipinski definition) is 1. The maximum Gasteiger partial charge on any atom is 0.508 e. The minimum Gasteiger partial charge on any atom is -0.430 e. The largest absolute Gasteiger partial charge is 0.508 e. The smallest absolute Gasteiger partial charge is 0.430 e. The van der Waals surface area contributed by atoms with Gasteiger partial charge < -0.3 is 9.47 Å². The molecule has 1 N–H and O–H groups in total. The Hall–Kier alpha value is -2.12. The summed E-state index contributed by atoms with van der Waals surface area (Å²) in [4.78, 5) is 43.7. The summed E-state index contributed by atoms with van der Waals surface area (Å²) in [5.74, 6) is -0.567. The molecule has 0 aromatic heterocycles. The Balaban J connectivity index is 2.57. The number of amides is 4. The van der Waals surface area contributed by atoms with E-state index < -0.39 is 24.2 Å². The van der Waals surface area contributed by atoms with E-state index in [0.29, 0.717) is 0 Å². The topological polar surface area (TPSA) is 102 Å². The molecule has 0 aromatic carbocycles. The van der Waals surface area contributed by atoms with E-state index >= 15 is 0 Å². The van der Waals surface area contributed by atoms with Crippen LogP contribution in [0, 0.1) is 0 Å². The van der Waals surface area contributed by atoms with Crippen molar-refractivity contribution >= 4 is 24.5 Å². The first kappa shape index (κ1) is 12.0. The summed E-state index contributed by atoms with van der Waals surface area (Å²) < 4.78 is 9.13. The van der Waals surface area contributed by atoms with E-state index in [-0.39, 0.29) is 19.6 Å². The number of urea groups is 1. The summed E-state index contributed by atoms with van der Waals surface area (Å²) >= 11 is 0. The third-order valence-electron chi connectivity index (χ3n) is 1.84. The van der Waals surface area contributed by atoms with Crippen molar-refractivity contribution in [1.29, 1.82) is 0 Å². The lowest BCUT2D eigenvalue weighted by Gasteiger charge is -2.19. The lowest BCUT2D eigenvalue weighted by atomic mass is 10.3. The first-order valence-electron chi connectivity index (χ1n) is 4.40. The maximum absolute atomic E-state index is 11.2. The number of cyclic esters (lactones) is 2. The van der Waals surface area contributed by atoms with Crippen molar-refractivity contribution in [3.63, 3.8) is 0 Å². The van der Waals surface area contributed by atoms with Gasteiger partial charge in [0.15, 0.2) is 6.10 Å². The molecule has 8 heteroatoms. The molecular weight excluding hydrogens is 220 g/mol. The summed E-state index contributed by atoms with van der Waals surface area (Å²) in [6, 6.07) is -0.870. The van der Waals surface area contributed by atoms with Gasteiger partial charge in [-0.05, 0) is 0 Å². The number of nitrogens with zero attached hydrogens (tertiary/aromatic N) is 1. The van der Waals surface area contributed by atoms with Gasteiger partial charge in [-0.3, -0.25) is 19.8 Å². The summed E-state index contributed by atoms with van der Waals surface area (Å²) in [7, 11) is 0. The number of imide groups is 2. The Labute approximate surface area is 90.5 Å². The van der Waals surface area contributed by atoms with E-state index in [0.717, 1.165) is 11.8 Å². The average Bonchev–Trinajstić information content (AvgIpc) is 2.60. The van der Waals surface area contributed by atoms with Crippen molar-refractivity contribution in [1.82, 2.24) is 10.2 Å². The molecule has 1 heterocycles. The maximum atomic E-state index is 11.2. The zero-order valence-electron chi connectivity index (χ0n) is 8.47. The standard InChI is InChI=1S/C8H10N2O6/c1-5(12)10(7(13)9-4-11)2-6-3-15-8(14)16-6/h4,6H,2-3H2,1H3,(H,9,11,13). The summed E-state index contributed by atoms with van der Waals surface area (Å²) in [6.45, 7) is 0.972. The molecule has 16 heavy (non-hydrogen) atoms. The van der Waals surface area contributed by atoms with Gasteiger partial charge in [0.05, 0.1) is 6.54 Å². The fourth-order valence-electron chi connectivity index (χ4n) is 1.14. The Morgan fingerprint density at radius 2 is 2.31 bits per heavy atom. The van der Waals surface area contributed by atoms with E-state index in [4.69, 9.17) is 0 Å². The van der Waals surface area contributed by atoms with Gasteiger partial charge >= 0.3 is 12.2 Å². The predicted octanol–water partition coefficient (Wildman–Crippen LogP) is -0.764.